The highest BCUT2D eigenvalue weighted by atomic mass is 15.2. The molecular weight excluding hydrogens is 234 g/mol. The summed E-state index contributed by atoms with van der Waals surface area (Å²) in [7, 11) is 0. The SMILES string of the molecule is c1ccc(C2CCc3nc4n(c3C2)CCNC4)cc1. The van der Waals surface area contributed by atoms with Crippen molar-refractivity contribution in [3.63, 3.8) is 0 Å². The van der Waals surface area contributed by atoms with Gasteiger partial charge in [0.25, 0.3) is 0 Å². The number of fused-ring (bicyclic) bond motifs is 3. The molecule has 4 rings (SSSR count). The van der Waals surface area contributed by atoms with E-state index in [-0.39, 0.29) is 0 Å². The van der Waals surface area contributed by atoms with Crippen LogP contribution in [0, 0.1) is 0 Å². The van der Waals surface area contributed by atoms with Crippen LogP contribution in [0.1, 0.15) is 35.1 Å². The standard InChI is InChI=1S/C16H19N3/c1-2-4-12(5-3-1)13-6-7-14-15(10-13)19-9-8-17-11-16(19)18-14/h1-5,13,17H,6-11H2. The molecule has 0 spiro atoms. The van der Waals surface area contributed by atoms with Crippen molar-refractivity contribution >= 4 is 0 Å². The predicted octanol–water partition coefficient (Wildman–Crippen LogP) is 2.26. The molecule has 2 aromatic rings. The maximum absolute atomic E-state index is 4.82. The molecule has 98 valence electrons. The van der Waals surface area contributed by atoms with Crippen molar-refractivity contribution in [1.82, 2.24) is 14.9 Å². The number of aromatic nitrogens is 2. The van der Waals surface area contributed by atoms with Gasteiger partial charge in [-0.3, -0.25) is 0 Å². The number of rotatable bonds is 1. The first-order valence-corrected chi connectivity index (χ1v) is 7.24. The lowest BCUT2D eigenvalue weighted by Gasteiger charge is -2.25. The topological polar surface area (TPSA) is 29.9 Å². The Balaban J connectivity index is 1.68. The zero-order valence-corrected chi connectivity index (χ0v) is 11.1. The fraction of sp³-hybridized carbons (Fsp3) is 0.438. The van der Waals surface area contributed by atoms with Gasteiger partial charge in [-0.2, -0.15) is 0 Å². The molecule has 0 radical (unpaired) electrons. The molecule has 1 unspecified atom stereocenters. The van der Waals surface area contributed by atoms with Gasteiger partial charge >= 0.3 is 0 Å². The molecule has 3 heteroatoms. The Morgan fingerprint density at radius 1 is 1.21 bits per heavy atom. The summed E-state index contributed by atoms with van der Waals surface area (Å²) in [5.74, 6) is 1.91. The Morgan fingerprint density at radius 3 is 3.00 bits per heavy atom. The average Bonchev–Trinajstić information content (AvgIpc) is 2.86. The van der Waals surface area contributed by atoms with E-state index in [9.17, 15) is 0 Å². The van der Waals surface area contributed by atoms with Gasteiger partial charge in [-0.1, -0.05) is 30.3 Å². The molecule has 2 heterocycles. The molecule has 2 aliphatic rings. The van der Waals surface area contributed by atoms with Crippen molar-refractivity contribution in [3.05, 3.63) is 53.1 Å². The summed E-state index contributed by atoms with van der Waals surface area (Å²) in [6, 6.07) is 10.9. The molecule has 1 aliphatic heterocycles. The van der Waals surface area contributed by atoms with Gasteiger partial charge in [-0.15, -0.1) is 0 Å². The summed E-state index contributed by atoms with van der Waals surface area (Å²) >= 11 is 0. The minimum absolute atomic E-state index is 0.671. The van der Waals surface area contributed by atoms with Crippen LogP contribution in [0.2, 0.25) is 0 Å². The van der Waals surface area contributed by atoms with E-state index in [0.717, 1.165) is 32.5 Å². The Hall–Kier alpha value is -1.61. The summed E-state index contributed by atoms with van der Waals surface area (Å²) < 4.78 is 2.46. The van der Waals surface area contributed by atoms with E-state index < -0.39 is 0 Å². The summed E-state index contributed by atoms with van der Waals surface area (Å²) in [6.07, 6.45) is 3.53. The van der Waals surface area contributed by atoms with Gasteiger partial charge in [-0.05, 0) is 30.7 Å². The number of nitrogens with zero attached hydrogens (tertiary/aromatic N) is 2. The lowest BCUT2D eigenvalue weighted by atomic mass is 9.84. The number of hydrogen-bond acceptors (Lipinski definition) is 2. The second-order valence-corrected chi connectivity index (χ2v) is 5.60. The largest absolute Gasteiger partial charge is 0.329 e. The first kappa shape index (κ1) is 11.2. The second kappa shape index (κ2) is 4.49. The highest BCUT2D eigenvalue weighted by Gasteiger charge is 2.27. The highest BCUT2D eigenvalue weighted by molar-refractivity contribution is 5.29. The molecule has 0 saturated heterocycles. The van der Waals surface area contributed by atoms with Gasteiger partial charge in [0, 0.05) is 18.8 Å². The van der Waals surface area contributed by atoms with E-state index in [2.05, 4.69) is 40.2 Å². The molecule has 19 heavy (non-hydrogen) atoms. The van der Waals surface area contributed by atoms with Crippen LogP contribution in [-0.4, -0.2) is 16.1 Å². The monoisotopic (exact) mass is 253 g/mol. The van der Waals surface area contributed by atoms with Crippen LogP contribution in [0.4, 0.5) is 0 Å². The fourth-order valence-electron chi connectivity index (χ4n) is 3.47. The van der Waals surface area contributed by atoms with Crippen LogP contribution in [0.15, 0.2) is 30.3 Å². The molecule has 1 atom stereocenters. The third kappa shape index (κ3) is 1.89. The minimum atomic E-state index is 0.671. The Labute approximate surface area is 113 Å². The van der Waals surface area contributed by atoms with Crippen LogP contribution in [0.3, 0.4) is 0 Å². The number of aryl methyl sites for hydroxylation is 1. The van der Waals surface area contributed by atoms with Crippen molar-refractivity contribution in [2.45, 2.75) is 38.3 Å². The third-order valence-electron chi connectivity index (χ3n) is 4.47. The molecular formula is C16H19N3. The Bertz CT molecular complexity index is 586. The normalized spacial score (nSPS) is 21.8. The minimum Gasteiger partial charge on any atom is -0.329 e. The third-order valence-corrected chi connectivity index (χ3v) is 4.47. The maximum atomic E-state index is 4.82. The molecule has 0 saturated carbocycles. The summed E-state index contributed by atoms with van der Waals surface area (Å²) in [5, 5.41) is 3.41. The number of hydrogen-bond donors (Lipinski definition) is 1. The van der Waals surface area contributed by atoms with Crippen LogP contribution >= 0.6 is 0 Å². The van der Waals surface area contributed by atoms with E-state index in [1.165, 1.54) is 29.2 Å². The predicted molar refractivity (Wildman–Crippen MR) is 75.1 cm³/mol. The average molecular weight is 253 g/mol. The van der Waals surface area contributed by atoms with Gasteiger partial charge in [0.05, 0.1) is 12.2 Å². The van der Waals surface area contributed by atoms with Gasteiger partial charge in [0.1, 0.15) is 5.82 Å². The lowest BCUT2D eigenvalue weighted by Crippen LogP contribution is -2.29. The number of imidazole rings is 1. The molecule has 1 aliphatic carbocycles. The summed E-state index contributed by atoms with van der Waals surface area (Å²) in [5.41, 5.74) is 4.33. The van der Waals surface area contributed by atoms with Crippen molar-refractivity contribution in [1.29, 1.82) is 0 Å². The Morgan fingerprint density at radius 2 is 2.11 bits per heavy atom. The van der Waals surface area contributed by atoms with E-state index in [1.54, 1.807) is 0 Å². The van der Waals surface area contributed by atoms with Crippen molar-refractivity contribution in [3.8, 4) is 0 Å². The molecule has 0 fully saturated rings. The van der Waals surface area contributed by atoms with Crippen LogP contribution in [0.5, 0.6) is 0 Å². The van der Waals surface area contributed by atoms with Gasteiger partial charge in [-0.25, -0.2) is 4.98 Å². The summed E-state index contributed by atoms with van der Waals surface area (Å²) in [4.78, 5) is 4.82. The molecule has 3 nitrogen and oxygen atoms in total. The molecule has 1 aromatic heterocycles. The van der Waals surface area contributed by atoms with Gasteiger partial charge < -0.3 is 9.88 Å². The molecule has 0 amide bonds. The second-order valence-electron chi connectivity index (χ2n) is 5.60. The quantitative estimate of drug-likeness (QED) is 0.845. The van der Waals surface area contributed by atoms with Crippen molar-refractivity contribution in [2.75, 3.05) is 6.54 Å². The van der Waals surface area contributed by atoms with E-state index in [4.69, 9.17) is 4.98 Å². The van der Waals surface area contributed by atoms with E-state index in [0.29, 0.717) is 5.92 Å². The van der Waals surface area contributed by atoms with Gasteiger partial charge in [0.15, 0.2) is 0 Å². The summed E-state index contributed by atoms with van der Waals surface area (Å²) in [6.45, 7) is 3.09. The Kier molecular flexibility index (Phi) is 2.66. The zero-order chi connectivity index (χ0) is 12.7. The number of nitrogens with one attached hydrogen (secondary N) is 1. The fourth-order valence-corrected chi connectivity index (χ4v) is 3.47. The first-order chi connectivity index (χ1) is 9.42. The number of benzene rings is 1. The smallest absolute Gasteiger partial charge is 0.123 e. The van der Waals surface area contributed by atoms with E-state index in [1.807, 2.05) is 0 Å². The molecule has 1 N–H and O–H groups in total. The van der Waals surface area contributed by atoms with Crippen LogP contribution < -0.4 is 5.32 Å². The van der Waals surface area contributed by atoms with Gasteiger partial charge in [0.2, 0.25) is 0 Å². The maximum Gasteiger partial charge on any atom is 0.123 e. The zero-order valence-electron chi connectivity index (χ0n) is 11.1. The van der Waals surface area contributed by atoms with Crippen molar-refractivity contribution < 1.29 is 0 Å². The highest BCUT2D eigenvalue weighted by Crippen LogP contribution is 2.33. The van der Waals surface area contributed by atoms with E-state index >= 15 is 0 Å². The van der Waals surface area contributed by atoms with Crippen LogP contribution in [-0.2, 0) is 25.9 Å². The van der Waals surface area contributed by atoms with Crippen molar-refractivity contribution in [2.24, 2.45) is 0 Å². The lowest BCUT2D eigenvalue weighted by molar-refractivity contribution is 0.478. The molecule has 0 bridgehead atoms. The van der Waals surface area contributed by atoms with Crippen LogP contribution in [0.25, 0.3) is 0 Å². The first-order valence-electron chi connectivity index (χ1n) is 7.24. The molecule has 1 aromatic carbocycles.